The standard InChI is InChI=1S/C25H47N2O11/c1-3-5-7-9-11-13-24(28)36-20-23(21-37-25(29)14-12-10-8-6-4-2)35-16-15-34-18-22(17-26(30)31)19-38-27(32)33/h22-23H,3-21H2,1-2H3,(H,32,33)/q+1. The van der Waals surface area contributed by atoms with E-state index in [9.17, 15) is 24.6 Å². The van der Waals surface area contributed by atoms with Crippen LogP contribution in [-0.4, -0.2) is 79.4 Å². The molecule has 0 aliphatic carbocycles. The van der Waals surface area contributed by atoms with Crippen molar-refractivity contribution in [1.82, 2.24) is 0 Å². The highest BCUT2D eigenvalue weighted by Crippen LogP contribution is 2.08. The second-order valence-corrected chi connectivity index (χ2v) is 9.18. The Hall–Kier alpha value is -2.54. The van der Waals surface area contributed by atoms with Crippen LogP contribution in [0, 0.1) is 20.9 Å². The zero-order chi connectivity index (χ0) is 28.4. The first-order valence-electron chi connectivity index (χ1n) is 13.7. The van der Waals surface area contributed by atoms with Crippen molar-refractivity contribution in [2.45, 2.75) is 97.0 Å². The molecule has 0 saturated carbocycles. The van der Waals surface area contributed by atoms with Gasteiger partial charge in [0, 0.05) is 17.8 Å². The van der Waals surface area contributed by atoms with Gasteiger partial charge >= 0.3 is 17.0 Å². The van der Waals surface area contributed by atoms with Gasteiger partial charge in [-0.05, 0) is 12.8 Å². The molecule has 38 heavy (non-hydrogen) atoms. The lowest BCUT2D eigenvalue weighted by molar-refractivity contribution is -0.976. The van der Waals surface area contributed by atoms with Crippen molar-refractivity contribution in [2.24, 2.45) is 5.92 Å². The number of hydrogen-bond donors (Lipinski definition) is 1. The van der Waals surface area contributed by atoms with E-state index in [0.29, 0.717) is 12.8 Å². The predicted molar refractivity (Wildman–Crippen MR) is 136 cm³/mol. The minimum atomic E-state index is -0.764. The van der Waals surface area contributed by atoms with Gasteiger partial charge in [0.05, 0.1) is 25.7 Å². The molecule has 222 valence electrons. The quantitative estimate of drug-likeness (QED) is 0.0673. The third-order valence-corrected chi connectivity index (χ3v) is 5.59. The SMILES string of the molecule is CCCCCCCC(=O)OCC(COC(=O)CCCCCCC)OCCOCC(CO[N+](=O)O)C[N+](=O)[O-]. The fourth-order valence-corrected chi connectivity index (χ4v) is 3.46. The summed E-state index contributed by atoms with van der Waals surface area (Å²) < 4.78 is 21.7. The summed E-state index contributed by atoms with van der Waals surface area (Å²) in [5, 5.41) is 18.5. The van der Waals surface area contributed by atoms with Crippen molar-refractivity contribution in [3.63, 3.8) is 0 Å². The normalized spacial score (nSPS) is 11.8. The van der Waals surface area contributed by atoms with E-state index in [2.05, 4.69) is 18.7 Å². The number of nitro groups is 1. The van der Waals surface area contributed by atoms with E-state index in [4.69, 9.17) is 24.2 Å². The smallest absolute Gasteiger partial charge is 0.463 e. The summed E-state index contributed by atoms with van der Waals surface area (Å²) in [6.07, 6.45) is 10.0. The summed E-state index contributed by atoms with van der Waals surface area (Å²) in [5.41, 5.74) is 0. The van der Waals surface area contributed by atoms with E-state index in [-0.39, 0.29) is 45.0 Å². The molecule has 0 amide bonds. The minimum Gasteiger partial charge on any atom is -0.463 e. The molecule has 0 radical (unpaired) electrons. The Morgan fingerprint density at radius 2 is 1.29 bits per heavy atom. The highest BCUT2D eigenvalue weighted by Gasteiger charge is 2.22. The molecule has 0 rings (SSSR count). The lowest BCUT2D eigenvalue weighted by atomic mass is 10.1. The summed E-state index contributed by atoms with van der Waals surface area (Å²) in [4.78, 5) is 49.1. The molecule has 0 bridgehead atoms. The van der Waals surface area contributed by atoms with Gasteiger partial charge in [0.15, 0.2) is 6.61 Å². The second-order valence-electron chi connectivity index (χ2n) is 9.18. The van der Waals surface area contributed by atoms with Gasteiger partial charge in [0.25, 0.3) is 0 Å². The molecule has 1 atom stereocenters. The van der Waals surface area contributed by atoms with Crippen LogP contribution in [-0.2, 0) is 33.4 Å². The number of ether oxygens (including phenoxy) is 4. The van der Waals surface area contributed by atoms with Crippen molar-refractivity contribution in [2.75, 3.05) is 46.2 Å². The Kier molecular flexibility index (Phi) is 23.1. The molecular weight excluding hydrogens is 504 g/mol. The van der Waals surface area contributed by atoms with Crippen LogP contribution in [0.5, 0.6) is 0 Å². The molecule has 0 fully saturated rings. The molecule has 0 aromatic heterocycles. The highest BCUT2D eigenvalue weighted by molar-refractivity contribution is 5.69. The Morgan fingerprint density at radius 3 is 1.76 bits per heavy atom. The van der Waals surface area contributed by atoms with Gasteiger partial charge in [-0.3, -0.25) is 19.7 Å². The van der Waals surface area contributed by atoms with Gasteiger partial charge in [-0.2, -0.15) is 4.84 Å². The van der Waals surface area contributed by atoms with Crippen molar-refractivity contribution in [3.05, 3.63) is 15.0 Å². The Labute approximate surface area is 225 Å². The van der Waals surface area contributed by atoms with E-state index in [1.54, 1.807) is 0 Å². The molecule has 0 saturated heterocycles. The van der Waals surface area contributed by atoms with Crippen LogP contribution < -0.4 is 0 Å². The Bertz CT molecular complexity index is 619. The van der Waals surface area contributed by atoms with Gasteiger partial charge in [0.2, 0.25) is 6.54 Å². The van der Waals surface area contributed by atoms with Gasteiger partial charge in [0.1, 0.15) is 24.2 Å². The van der Waals surface area contributed by atoms with Crippen LogP contribution in [0.15, 0.2) is 0 Å². The number of carbonyl (C=O) groups excluding carboxylic acids is 2. The second kappa shape index (κ2) is 24.8. The number of unbranched alkanes of at least 4 members (excludes halogenated alkanes) is 8. The largest absolute Gasteiger partial charge is 0.475 e. The maximum atomic E-state index is 12.1. The van der Waals surface area contributed by atoms with Crippen LogP contribution in [0.25, 0.3) is 0 Å². The molecule has 0 aromatic rings. The first-order chi connectivity index (χ1) is 18.3. The fourth-order valence-electron chi connectivity index (χ4n) is 3.46. The van der Waals surface area contributed by atoms with Crippen LogP contribution >= 0.6 is 0 Å². The first-order valence-corrected chi connectivity index (χ1v) is 13.7. The van der Waals surface area contributed by atoms with Crippen molar-refractivity contribution >= 4 is 11.9 Å². The van der Waals surface area contributed by atoms with Crippen molar-refractivity contribution < 1.29 is 48.6 Å². The zero-order valence-corrected chi connectivity index (χ0v) is 23.0. The number of nitrogens with zero attached hydrogens (tertiary/aromatic N) is 2. The summed E-state index contributed by atoms with van der Waals surface area (Å²) in [7, 11) is 0. The number of rotatable bonds is 27. The first kappa shape index (κ1) is 35.5. The van der Waals surface area contributed by atoms with Gasteiger partial charge in [-0.15, -0.1) is 0 Å². The summed E-state index contributed by atoms with van der Waals surface area (Å²) in [6, 6.07) is 0. The monoisotopic (exact) mass is 551 g/mol. The Balaban J connectivity index is 4.52. The van der Waals surface area contributed by atoms with E-state index in [1.807, 2.05) is 0 Å². The molecule has 0 spiro atoms. The third-order valence-electron chi connectivity index (χ3n) is 5.59. The number of esters is 2. The van der Waals surface area contributed by atoms with Gasteiger partial charge in [-0.1, -0.05) is 65.2 Å². The van der Waals surface area contributed by atoms with Crippen LogP contribution in [0.1, 0.15) is 90.9 Å². The number of carbonyl (C=O) groups is 2. The lowest BCUT2D eigenvalue weighted by Gasteiger charge is -2.18. The topological polar surface area (TPSA) is 164 Å². The lowest BCUT2D eigenvalue weighted by Crippen LogP contribution is -2.30. The predicted octanol–water partition coefficient (Wildman–Crippen LogP) is 4.19. The average molecular weight is 552 g/mol. The minimum absolute atomic E-state index is 0.0433. The zero-order valence-electron chi connectivity index (χ0n) is 23.0. The van der Waals surface area contributed by atoms with Crippen molar-refractivity contribution in [3.8, 4) is 0 Å². The molecule has 13 heteroatoms. The van der Waals surface area contributed by atoms with Crippen LogP contribution in [0.3, 0.4) is 0 Å². The Morgan fingerprint density at radius 1 is 0.763 bits per heavy atom. The molecule has 0 aromatic carbocycles. The third kappa shape index (κ3) is 23.8. The molecule has 1 unspecified atom stereocenters. The molecule has 0 aliphatic heterocycles. The summed E-state index contributed by atoms with van der Waals surface area (Å²) in [5.74, 6) is -1.44. The van der Waals surface area contributed by atoms with E-state index in [0.717, 1.165) is 64.2 Å². The summed E-state index contributed by atoms with van der Waals surface area (Å²) in [6.45, 7) is 3.16. The summed E-state index contributed by atoms with van der Waals surface area (Å²) >= 11 is 0. The van der Waals surface area contributed by atoms with Gasteiger partial charge < -0.3 is 18.9 Å². The maximum absolute atomic E-state index is 12.1. The van der Waals surface area contributed by atoms with E-state index in [1.165, 1.54) is 0 Å². The highest BCUT2D eigenvalue weighted by atomic mass is 16.9. The molecule has 1 N–H and O–H groups in total. The average Bonchev–Trinajstić information content (AvgIpc) is 2.87. The van der Waals surface area contributed by atoms with E-state index >= 15 is 0 Å². The molecule has 13 nitrogen and oxygen atoms in total. The molecule has 0 heterocycles. The van der Waals surface area contributed by atoms with Crippen LogP contribution in [0.2, 0.25) is 0 Å². The molecular formula is C25H47N2O11+. The maximum Gasteiger partial charge on any atom is 0.475 e. The van der Waals surface area contributed by atoms with Gasteiger partial charge in [-0.25, -0.2) is 5.21 Å². The number of hydrogen-bond acceptors (Lipinski definition) is 10. The molecule has 0 aliphatic rings. The van der Waals surface area contributed by atoms with E-state index < -0.39 is 35.2 Å². The van der Waals surface area contributed by atoms with Crippen LogP contribution in [0.4, 0.5) is 0 Å². The fraction of sp³-hybridized carbons (Fsp3) is 0.920. The van der Waals surface area contributed by atoms with Crippen molar-refractivity contribution in [1.29, 1.82) is 0 Å².